The van der Waals surface area contributed by atoms with E-state index in [1.807, 2.05) is 43.3 Å². The molecule has 2 rings (SSSR count). The van der Waals surface area contributed by atoms with Crippen molar-refractivity contribution in [3.8, 4) is 6.07 Å². The number of pyridine rings is 1. The molecule has 0 unspecified atom stereocenters. The predicted octanol–water partition coefficient (Wildman–Crippen LogP) is 2.17. The Morgan fingerprint density at radius 2 is 2.00 bits per heavy atom. The maximum absolute atomic E-state index is 8.98. The van der Waals surface area contributed by atoms with E-state index in [-0.39, 0.29) is 0 Å². The van der Waals surface area contributed by atoms with Gasteiger partial charge in [-0.15, -0.1) is 0 Å². The van der Waals surface area contributed by atoms with Gasteiger partial charge in [0.25, 0.3) is 0 Å². The van der Waals surface area contributed by atoms with Gasteiger partial charge in [-0.05, 0) is 12.1 Å². The number of aromatic nitrogens is 1. The van der Waals surface area contributed by atoms with Gasteiger partial charge in [-0.2, -0.15) is 5.26 Å². The van der Waals surface area contributed by atoms with E-state index >= 15 is 0 Å². The lowest BCUT2D eigenvalue weighted by atomic mass is 10.1. The van der Waals surface area contributed by atoms with Gasteiger partial charge in [0.15, 0.2) is 0 Å². The second kappa shape index (κ2) is 3.58. The number of fused-ring (bicyclic) bond motifs is 1. The van der Waals surface area contributed by atoms with Gasteiger partial charge < -0.3 is 4.90 Å². The molecule has 0 spiro atoms. The van der Waals surface area contributed by atoms with Crippen LogP contribution < -0.4 is 4.90 Å². The summed E-state index contributed by atoms with van der Waals surface area (Å²) in [6.45, 7) is 0. The van der Waals surface area contributed by atoms with Crippen molar-refractivity contribution in [1.29, 1.82) is 5.26 Å². The molecule has 15 heavy (non-hydrogen) atoms. The number of anilines is 1. The van der Waals surface area contributed by atoms with E-state index in [2.05, 4.69) is 11.1 Å². The van der Waals surface area contributed by atoms with Crippen LogP contribution in [0.15, 0.2) is 30.5 Å². The third kappa shape index (κ3) is 1.50. The summed E-state index contributed by atoms with van der Waals surface area (Å²) in [4.78, 5) is 6.25. The molecule has 2 aromatic rings. The van der Waals surface area contributed by atoms with E-state index in [1.54, 1.807) is 6.20 Å². The van der Waals surface area contributed by atoms with Crippen molar-refractivity contribution in [3.63, 3.8) is 0 Å². The highest BCUT2D eigenvalue weighted by Gasteiger charge is 2.06. The smallest absolute Gasteiger partial charge is 0.135 e. The quantitative estimate of drug-likeness (QED) is 0.703. The molecule has 0 saturated heterocycles. The Bertz CT molecular complexity index is 538. The molecule has 1 aromatic heterocycles. The first kappa shape index (κ1) is 9.47. The van der Waals surface area contributed by atoms with Gasteiger partial charge in [0.2, 0.25) is 0 Å². The Balaban J connectivity index is 2.84. The molecular formula is C12H11N3. The molecule has 0 aliphatic rings. The van der Waals surface area contributed by atoms with Crippen molar-refractivity contribution in [2.75, 3.05) is 19.0 Å². The summed E-state index contributed by atoms with van der Waals surface area (Å²) in [6, 6.07) is 9.76. The van der Waals surface area contributed by atoms with Crippen molar-refractivity contribution in [3.05, 3.63) is 36.0 Å². The standard InChI is InChI=1S/C12H11N3/c1-15(2)12-11-5-3-4-9(8-13)10(11)6-7-14-12/h3-7H,1-2H3. The minimum absolute atomic E-state index is 0.693. The van der Waals surface area contributed by atoms with Crippen molar-refractivity contribution >= 4 is 16.6 Å². The van der Waals surface area contributed by atoms with Crippen LogP contribution in [0, 0.1) is 11.3 Å². The number of nitriles is 1. The van der Waals surface area contributed by atoms with Crippen LogP contribution in [-0.4, -0.2) is 19.1 Å². The van der Waals surface area contributed by atoms with Crippen LogP contribution in [0.25, 0.3) is 10.8 Å². The van der Waals surface area contributed by atoms with E-state index in [1.165, 1.54) is 0 Å². The Labute approximate surface area is 88.6 Å². The minimum Gasteiger partial charge on any atom is -0.362 e. The van der Waals surface area contributed by atoms with Gasteiger partial charge in [-0.1, -0.05) is 12.1 Å². The van der Waals surface area contributed by atoms with Crippen LogP contribution in [0.1, 0.15) is 5.56 Å². The number of hydrogen-bond donors (Lipinski definition) is 0. The average molecular weight is 197 g/mol. The zero-order valence-electron chi connectivity index (χ0n) is 8.73. The van der Waals surface area contributed by atoms with Crippen LogP contribution in [0.3, 0.4) is 0 Å². The highest BCUT2D eigenvalue weighted by atomic mass is 15.1. The van der Waals surface area contributed by atoms with E-state index in [0.29, 0.717) is 5.56 Å². The summed E-state index contributed by atoms with van der Waals surface area (Å²) in [5.41, 5.74) is 0.693. The molecule has 1 heterocycles. The summed E-state index contributed by atoms with van der Waals surface area (Å²) in [6.07, 6.45) is 1.73. The normalized spacial score (nSPS) is 9.93. The largest absolute Gasteiger partial charge is 0.362 e. The molecule has 0 aliphatic carbocycles. The van der Waals surface area contributed by atoms with Gasteiger partial charge in [0, 0.05) is 31.1 Å². The Morgan fingerprint density at radius 1 is 1.20 bits per heavy atom. The van der Waals surface area contributed by atoms with Crippen molar-refractivity contribution in [2.45, 2.75) is 0 Å². The third-order valence-electron chi connectivity index (χ3n) is 2.33. The first-order valence-corrected chi connectivity index (χ1v) is 4.69. The maximum atomic E-state index is 8.98. The lowest BCUT2D eigenvalue weighted by molar-refractivity contribution is 1.08. The monoisotopic (exact) mass is 197 g/mol. The van der Waals surface area contributed by atoms with Crippen LogP contribution in [-0.2, 0) is 0 Å². The number of nitrogens with zero attached hydrogens (tertiary/aromatic N) is 3. The fourth-order valence-electron chi connectivity index (χ4n) is 1.65. The third-order valence-corrected chi connectivity index (χ3v) is 2.33. The lowest BCUT2D eigenvalue weighted by Crippen LogP contribution is -2.10. The van der Waals surface area contributed by atoms with E-state index in [9.17, 15) is 0 Å². The molecule has 3 heteroatoms. The second-order valence-corrected chi connectivity index (χ2v) is 3.54. The van der Waals surface area contributed by atoms with Crippen LogP contribution in [0.4, 0.5) is 5.82 Å². The Morgan fingerprint density at radius 3 is 2.67 bits per heavy atom. The first-order valence-electron chi connectivity index (χ1n) is 4.69. The van der Waals surface area contributed by atoms with Crippen molar-refractivity contribution in [1.82, 2.24) is 4.98 Å². The molecule has 0 radical (unpaired) electrons. The highest BCUT2D eigenvalue weighted by Crippen LogP contribution is 2.24. The lowest BCUT2D eigenvalue weighted by Gasteiger charge is -2.13. The zero-order valence-corrected chi connectivity index (χ0v) is 8.73. The summed E-state index contributed by atoms with van der Waals surface area (Å²) in [5, 5.41) is 11.0. The maximum Gasteiger partial charge on any atom is 0.135 e. The topological polar surface area (TPSA) is 39.9 Å². The van der Waals surface area contributed by atoms with Gasteiger partial charge in [-0.25, -0.2) is 4.98 Å². The van der Waals surface area contributed by atoms with Gasteiger partial charge in [0.05, 0.1) is 11.6 Å². The highest BCUT2D eigenvalue weighted by molar-refractivity contribution is 5.95. The van der Waals surface area contributed by atoms with Crippen molar-refractivity contribution in [2.24, 2.45) is 0 Å². The van der Waals surface area contributed by atoms with Gasteiger partial charge in [-0.3, -0.25) is 0 Å². The number of benzene rings is 1. The summed E-state index contributed by atoms with van der Waals surface area (Å²) >= 11 is 0. The fourth-order valence-corrected chi connectivity index (χ4v) is 1.65. The molecule has 0 saturated carbocycles. The van der Waals surface area contributed by atoms with E-state index < -0.39 is 0 Å². The average Bonchev–Trinajstić information content (AvgIpc) is 2.27. The van der Waals surface area contributed by atoms with Gasteiger partial charge in [0.1, 0.15) is 5.82 Å². The molecule has 74 valence electrons. The van der Waals surface area contributed by atoms with Crippen molar-refractivity contribution < 1.29 is 0 Å². The molecule has 0 N–H and O–H groups in total. The molecule has 0 aliphatic heterocycles. The zero-order chi connectivity index (χ0) is 10.8. The molecule has 0 bridgehead atoms. The molecule has 0 atom stereocenters. The number of hydrogen-bond acceptors (Lipinski definition) is 3. The van der Waals surface area contributed by atoms with Crippen LogP contribution in [0.5, 0.6) is 0 Å². The first-order chi connectivity index (χ1) is 7.24. The second-order valence-electron chi connectivity index (χ2n) is 3.54. The molecule has 0 amide bonds. The van der Waals surface area contributed by atoms with E-state index in [0.717, 1.165) is 16.6 Å². The SMILES string of the molecule is CN(C)c1nccc2c(C#N)cccc12. The Kier molecular flexibility index (Phi) is 2.26. The predicted molar refractivity (Wildman–Crippen MR) is 60.8 cm³/mol. The fraction of sp³-hybridized carbons (Fsp3) is 0.167. The summed E-state index contributed by atoms with van der Waals surface area (Å²) in [7, 11) is 3.89. The number of rotatable bonds is 1. The molecule has 0 fully saturated rings. The summed E-state index contributed by atoms with van der Waals surface area (Å²) < 4.78 is 0. The van der Waals surface area contributed by atoms with Crippen LogP contribution in [0.2, 0.25) is 0 Å². The van der Waals surface area contributed by atoms with E-state index in [4.69, 9.17) is 5.26 Å². The molecule has 3 nitrogen and oxygen atoms in total. The minimum atomic E-state index is 0.693. The van der Waals surface area contributed by atoms with Gasteiger partial charge >= 0.3 is 0 Å². The molecular weight excluding hydrogens is 186 g/mol. The summed E-state index contributed by atoms with van der Waals surface area (Å²) in [5.74, 6) is 0.893. The Hall–Kier alpha value is -2.08. The molecule has 1 aromatic carbocycles. The van der Waals surface area contributed by atoms with Crippen LogP contribution >= 0.6 is 0 Å².